The third kappa shape index (κ3) is 6.13. The van der Waals surface area contributed by atoms with E-state index in [4.69, 9.17) is 10.5 Å². The van der Waals surface area contributed by atoms with Gasteiger partial charge in [-0.2, -0.15) is 0 Å². The number of hydrogen-bond acceptors (Lipinski definition) is 4. The van der Waals surface area contributed by atoms with Crippen LogP contribution in [0, 0.1) is 5.92 Å². The highest BCUT2D eigenvalue weighted by Gasteiger charge is 2.23. The number of carbonyl (C=O) groups excluding carboxylic acids is 2. The number of para-hydroxylation sites is 1. The number of nitrogens with zero attached hydrogens (tertiary/aromatic N) is 1. The molecule has 1 saturated heterocycles. The van der Waals surface area contributed by atoms with Gasteiger partial charge in [-0.05, 0) is 54.3 Å². The molecule has 6 nitrogen and oxygen atoms in total. The first kappa shape index (κ1) is 22.4. The minimum absolute atomic E-state index is 0.0300. The van der Waals surface area contributed by atoms with Gasteiger partial charge in [0.2, 0.25) is 5.91 Å². The first-order valence-electron chi connectivity index (χ1n) is 11.3. The van der Waals surface area contributed by atoms with Gasteiger partial charge >= 0.3 is 0 Å². The molecule has 3 aromatic carbocycles. The van der Waals surface area contributed by atoms with E-state index >= 15 is 0 Å². The number of nitrogens with one attached hydrogen (secondary N) is 1. The third-order valence-electron chi connectivity index (χ3n) is 5.98. The minimum atomic E-state index is -0.211. The fourth-order valence-electron chi connectivity index (χ4n) is 4.12. The van der Waals surface area contributed by atoms with Gasteiger partial charge in [-0.15, -0.1) is 0 Å². The van der Waals surface area contributed by atoms with Gasteiger partial charge in [0.05, 0.1) is 0 Å². The van der Waals surface area contributed by atoms with Crippen molar-refractivity contribution in [3.05, 3.63) is 90.0 Å². The lowest BCUT2D eigenvalue weighted by Crippen LogP contribution is -2.38. The van der Waals surface area contributed by atoms with Crippen molar-refractivity contribution in [3.63, 3.8) is 0 Å². The highest BCUT2D eigenvalue weighted by molar-refractivity contribution is 5.92. The SMILES string of the molecule is NC(=O)C1CCN(c2ccc(NC(=O)COc3ccccc3Cc3ccccc3)cc2)CC1. The van der Waals surface area contributed by atoms with Crippen LogP contribution >= 0.6 is 0 Å². The number of ether oxygens (including phenoxy) is 1. The van der Waals surface area contributed by atoms with Crippen molar-refractivity contribution in [1.29, 1.82) is 0 Å². The number of primary amides is 1. The summed E-state index contributed by atoms with van der Waals surface area (Å²) in [5.74, 6) is 0.265. The second-order valence-corrected chi connectivity index (χ2v) is 8.32. The summed E-state index contributed by atoms with van der Waals surface area (Å²) in [6.45, 7) is 1.54. The van der Waals surface area contributed by atoms with Crippen LogP contribution in [-0.2, 0) is 16.0 Å². The average Bonchev–Trinajstić information content (AvgIpc) is 2.85. The maximum absolute atomic E-state index is 12.5. The number of nitrogens with two attached hydrogens (primary N) is 1. The number of benzene rings is 3. The summed E-state index contributed by atoms with van der Waals surface area (Å²) < 4.78 is 5.83. The van der Waals surface area contributed by atoms with Gasteiger partial charge in [-0.3, -0.25) is 9.59 Å². The smallest absolute Gasteiger partial charge is 0.262 e. The van der Waals surface area contributed by atoms with E-state index in [1.54, 1.807) is 0 Å². The second-order valence-electron chi connectivity index (χ2n) is 8.32. The molecule has 2 amide bonds. The van der Waals surface area contributed by atoms with E-state index in [2.05, 4.69) is 22.3 Å². The molecule has 0 atom stereocenters. The van der Waals surface area contributed by atoms with E-state index in [0.717, 1.165) is 49.3 Å². The Morgan fingerprint density at radius 2 is 1.58 bits per heavy atom. The maximum Gasteiger partial charge on any atom is 0.262 e. The first-order chi connectivity index (χ1) is 16.1. The maximum atomic E-state index is 12.5. The van der Waals surface area contributed by atoms with Crippen LogP contribution in [0.3, 0.4) is 0 Å². The number of amides is 2. The predicted molar refractivity (Wildman–Crippen MR) is 130 cm³/mol. The van der Waals surface area contributed by atoms with Crippen LogP contribution in [0.15, 0.2) is 78.9 Å². The summed E-state index contributed by atoms with van der Waals surface area (Å²) in [5.41, 5.74) is 9.44. The van der Waals surface area contributed by atoms with Crippen LogP contribution in [0.25, 0.3) is 0 Å². The molecule has 0 aromatic heterocycles. The van der Waals surface area contributed by atoms with Gasteiger partial charge in [0.25, 0.3) is 5.91 Å². The fraction of sp³-hybridized carbons (Fsp3) is 0.259. The number of hydrogen-bond donors (Lipinski definition) is 2. The van der Waals surface area contributed by atoms with E-state index in [0.29, 0.717) is 5.75 Å². The highest BCUT2D eigenvalue weighted by atomic mass is 16.5. The molecular weight excluding hydrogens is 414 g/mol. The van der Waals surface area contributed by atoms with Gasteiger partial charge < -0.3 is 20.7 Å². The molecule has 0 bridgehead atoms. The van der Waals surface area contributed by atoms with Crippen molar-refractivity contribution in [2.45, 2.75) is 19.3 Å². The second kappa shape index (κ2) is 10.7. The van der Waals surface area contributed by atoms with Crippen LogP contribution in [-0.4, -0.2) is 31.5 Å². The Labute approximate surface area is 194 Å². The van der Waals surface area contributed by atoms with Gasteiger partial charge in [0.15, 0.2) is 6.61 Å². The normalized spacial score (nSPS) is 14.0. The lowest BCUT2D eigenvalue weighted by molar-refractivity contribution is -0.122. The molecule has 0 aliphatic carbocycles. The number of rotatable bonds is 8. The number of carbonyl (C=O) groups is 2. The van der Waals surface area contributed by atoms with Gasteiger partial charge in [0.1, 0.15) is 5.75 Å². The molecule has 3 aromatic rings. The zero-order chi connectivity index (χ0) is 23.0. The van der Waals surface area contributed by atoms with Crippen LogP contribution in [0.1, 0.15) is 24.0 Å². The first-order valence-corrected chi connectivity index (χ1v) is 11.3. The minimum Gasteiger partial charge on any atom is -0.483 e. The molecular formula is C27H29N3O3. The van der Waals surface area contributed by atoms with Gasteiger partial charge in [-0.25, -0.2) is 0 Å². The molecule has 170 valence electrons. The lowest BCUT2D eigenvalue weighted by Gasteiger charge is -2.32. The monoisotopic (exact) mass is 443 g/mol. The van der Waals surface area contributed by atoms with E-state index in [-0.39, 0.29) is 24.3 Å². The Hall–Kier alpha value is -3.80. The van der Waals surface area contributed by atoms with Crippen LogP contribution < -0.4 is 20.7 Å². The summed E-state index contributed by atoms with van der Waals surface area (Å²) in [4.78, 5) is 26.0. The molecule has 1 heterocycles. The molecule has 3 N–H and O–H groups in total. The van der Waals surface area contributed by atoms with Crippen LogP contribution in [0.2, 0.25) is 0 Å². The zero-order valence-corrected chi connectivity index (χ0v) is 18.6. The summed E-state index contributed by atoms with van der Waals surface area (Å²) >= 11 is 0. The summed E-state index contributed by atoms with van der Waals surface area (Å²) in [5, 5.41) is 2.89. The number of piperidine rings is 1. The molecule has 1 aliphatic heterocycles. The molecule has 1 aliphatic rings. The predicted octanol–water partition coefficient (Wildman–Crippen LogP) is 4.00. The molecule has 0 saturated carbocycles. The van der Waals surface area contributed by atoms with Crippen LogP contribution in [0.4, 0.5) is 11.4 Å². The van der Waals surface area contributed by atoms with Gasteiger partial charge in [-0.1, -0.05) is 48.5 Å². The Kier molecular flexibility index (Phi) is 7.25. The largest absolute Gasteiger partial charge is 0.483 e. The van der Waals surface area contributed by atoms with Crippen molar-refractivity contribution in [1.82, 2.24) is 0 Å². The van der Waals surface area contributed by atoms with Crippen molar-refractivity contribution in [3.8, 4) is 5.75 Å². The molecule has 33 heavy (non-hydrogen) atoms. The summed E-state index contributed by atoms with van der Waals surface area (Å²) in [6, 6.07) is 25.7. The standard InChI is InChI=1S/C27H29N3O3/c28-27(32)21-14-16-30(17-15-21)24-12-10-23(11-13-24)29-26(31)19-33-25-9-5-4-8-22(25)18-20-6-2-1-3-7-20/h1-13,21H,14-19H2,(H2,28,32)(H,29,31). The van der Waals surface area contributed by atoms with Crippen molar-refractivity contribution < 1.29 is 14.3 Å². The van der Waals surface area contributed by atoms with E-state index in [1.807, 2.05) is 66.7 Å². The quantitative estimate of drug-likeness (QED) is 0.551. The Morgan fingerprint density at radius 1 is 0.909 bits per heavy atom. The third-order valence-corrected chi connectivity index (χ3v) is 5.98. The van der Waals surface area contributed by atoms with Crippen molar-refractivity contribution in [2.75, 3.05) is 29.9 Å². The van der Waals surface area contributed by atoms with E-state index < -0.39 is 0 Å². The molecule has 0 radical (unpaired) electrons. The van der Waals surface area contributed by atoms with Crippen LogP contribution in [0.5, 0.6) is 5.75 Å². The van der Waals surface area contributed by atoms with Crippen molar-refractivity contribution in [2.24, 2.45) is 11.7 Å². The Balaban J connectivity index is 1.29. The molecule has 1 fully saturated rings. The molecule has 6 heteroatoms. The lowest BCUT2D eigenvalue weighted by atomic mass is 9.96. The van der Waals surface area contributed by atoms with Gasteiger partial charge in [0, 0.05) is 36.8 Å². The van der Waals surface area contributed by atoms with E-state index in [1.165, 1.54) is 5.56 Å². The summed E-state index contributed by atoms with van der Waals surface area (Å²) in [7, 11) is 0. The average molecular weight is 444 g/mol. The molecule has 0 spiro atoms. The highest BCUT2D eigenvalue weighted by Crippen LogP contribution is 2.25. The zero-order valence-electron chi connectivity index (χ0n) is 18.6. The molecule has 4 rings (SSSR count). The molecule has 0 unspecified atom stereocenters. The number of anilines is 2. The Morgan fingerprint density at radius 3 is 2.27 bits per heavy atom. The van der Waals surface area contributed by atoms with Crippen molar-refractivity contribution >= 4 is 23.2 Å². The Bertz CT molecular complexity index is 1080. The fourth-order valence-corrected chi connectivity index (χ4v) is 4.12. The summed E-state index contributed by atoms with van der Waals surface area (Å²) in [6.07, 6.45) is 2.30. The van der Waals surface area contributed by atoms with E-state index in [9.17, 15) is 9.59 Å². The topological polar surface area (TPSA) is 84.7 Å².